The van der Waals surface area contributed by atoms with Gasteiger partial charge in [-0.2, -0.15) is 0 Å². The van der Waals surface area contributed by atoms with E-state index < -0.39 is 0 Å². The zero-order valence-electron chi connectivity index (χ0n) is 12.8. The van der Waals surface area contributed by atoms with E-state index in [1.165, 1.54) is 30.2 Å². The summed E-state index contributed by atoms with van der Waals surface area (Å²) in [7, 11) is 0. The first-order valence-electron chi connectivity index (χ1n) is 7.99. The first kappa shape index (κ1) is 14.5. The molecule has 0 aliphatic heterocycles. The van der Waals surface area contributed by atoms with Gasteiger partial charge in [0, 0.05) is 4.90 Å². The lowest BCUT2D eigenvalue weighted by Gasteiger charge is -2.25. The molecule has 1 aromatic heterocycles. The van der Waals surface area contributed by atoms with Gasteiger partial charge < -0.3 is 4.42 Å². The molecule has 0 atom stereocenters. The van der Waals surface area contributed by atoms with Crippen LogP contribution in [0.2, 0.25) is 0 Å². The van der Waals surface area contributed by atoms with Gasteiger partial charge in [0.1, 0.15) is 0 Å². The van der Waals surface area contributed by atoms with Gasteiger partial charge in [0.05, 0.1) is 5.41 Å². The monoisotopic (exact) mass is 322 g/mol. The van der Waals surface area contributed by atoms with Crippen molar-refractivity contribution in [3.05, 3.63) is 72.1 Å². The zero-order valence-corrected chi connectivity index (χ0v) is 13.6. The second-order valence-electron chi connectivity index (χ2n) is 5.94. The van der Waals surface area contributed by atoms with E-state index in [2.05, 4.69) is 52.7 Å². The third-order valence-electron chi connectivity index (χ3n) is 4.55. The van der Waals surface area contributed by atoms with Crippen molar-refractivity contribution in [2.24, 2.45) is 0 Å². The highest BCUT2D eigenvalue weighted by Gasteiger charge is 2.42. The minimum absolute atomic E-state index is 0.107. The molecule has 1 saturated carbocycles. The highest BCUT2D eigenvalue weighted by atomic mass is 32.2. The van der Waals surface area contributed by atoms with E-state index in [4.69, 9.17) is 4.42 Å². The standard InChI is InChI=1S/C19H18N2OS/c1-3-9-15(10-4-1)19(13-7-8-14-19)17-20-21-18(22-17)23-16-11-5-2-6-12-16/h1-6,9-12H,7-8,13-14H2. The first-order valence-corrected chi connectivity index (χ1v) is 8.81. The van der Waals surface area contributed by atoms with Crippen LogP contribution in [0.15, 0.2) is 75.2 Å². The topological polar surface area (TPSA) is 38.9 Å². The summed E-state index contributed by atoms with van der Waals surface area (Å²) in [5.41, 5.74) is 1.18. The number of hydrogen-bond donors (Lipinski definition) is 0. The van der Waals surface area contributed by atoms with Crippen LogP contribution in [0.25, 0.3) is 0 Å². The van der Waals surface area contributed by atoms with E-state index in [1.54, 1.807) is 0 Å². The molecule has 0 spiro atoms. The van der Waals surface area contributed by atoms with Crippen molar-refractivity contribution < 1.29 is 4.42 Å². The Labute approximate surface area is 140 Å². The predicted molar refractivity (Wildman–Crippen MR) is 90.6 cm³/mol. The Morgan fingerprint density at radius 3 is 2.17 bits per heavy atom. The molecule has 1 heterocycles. The Kier molecular flexibility index (Phi) is 3.92. The Bertz CT molecular complexity index is 764. The van der Waals surface area contributed by atoms with Crippen molar-refractivity contribution in [3.8, 4) is 0 Å². The van der Waals surface area contributed by atoms with Gasteiger partial charge in [0.15, 0.2) is 0 Å². The van der Waals surface area contributed by atoms with Crippen LogP contribution in [0.5, 0.6) is 0 Å². The van der Waals surface area contributed by atoms with Crippen molar-refractivity contribution in [3.63, 3.8) is 0 Å². The number of aromatic nitrogens is 2. The molecule has 3 nitrogen and oxygen atoms in total. The summed E-state index contributed by atoms with van der Waals surface area (Å²) >= 11 is 1.52. The van der Waals surface area contributed by atoms with E-state index >= 15 is 0 Å². The van der Waals surface area contributed by atoms with Gasteiger partial charge in [-0.05, 0) is 42.3 Å². The van der Waals surface area contributed by atoms with Crippen LogP contribution in [-0.4, -0.2) is 10.2 Å². The summed E-state index contributed by atoms with van der Waals surface area (Å²) in [6, 6.07) is 20.7. The molecule has 116 valence electrons. The lowest BCUT2D eigenvalue weighted by atomic mass is 9.79. The number of nitrogens with zero attached hydrogens (tertiary/aromatic N) is 2. The van der Waals surface area contributed by atoms with Crippen LogP contribution in [0.1, 0.15) is 37.1 Å². The maximum Gasteiger partial charge on any atom is 0.281 e. The van der Waals surface area contributed by atoms with E-state index in [-0.39, 0.29) is 5.41 Å². The first-order chi connectivity index (χ1) is 11.4. The Balaban J connectivity index is 1.66. The summed E-state index contributed by atoms with van der Waals surface area (Å²) in [5.74, 6) is 0.764. The van der Waals surface area contributed by atoms with E-state index in [9.17, 15) is 0 Å². The van der Waals surface area contributed by atoms with Crippen LogP contribution in [0.3, 0.4) is 0 Å². The van der Waals surface area contributed by atoms with Gasteiger partial charge >= 0.3 is 0 Å². The molecular weight excluding hydrogens is 304 g/mol. The lowest BCUT2D eigenvalue weighted by Crippen LogP contribution is -2.24. The fraction of sp³-hybridized carbons (Fsp3) is 0.263. The second-order valence-corrected chi connectivity index (χ2v) is 6.97. The molecule has 0 radical (unpaired) electrons. The van der Waals surface area contributed by atoms with E-state index in [0.29, 0.717) is 5.22 Å². The van der Waals surface area contributed by atoms with Crippen molar-refractivity contribution in [1.82, 2.24) is 10.2 Å². The largest absolute Gasteiger partial charge is 0.415 e. The van der Waals surface area contributed by atoms with Gasteiger partial charge in [-0.15, -0.1) is 10.2 Å². The minimum Gasteiger partial charge on any atom is -0.415 e. The highest BCUT2D eigenvalue weighted by Crippen LogP contribution is 2.46. The van der Waals surface area contributed by atoms with Crippen molar-refractivity contribution >= 4 is 11.8 Å². The number of rotatable bonds is 4. The quantitative estimate of drug-likeness (QED) is 0.671. The Morgan fingerprint density at radius 1 is 0.826 bits per heavy atom. The fourth-order valence-electron chi connectivity index (χ4n) is 3.40. The summed E-state index contributed by atoms with van der Waals surface area (Å²) in [5, 5.41) is 9.30. The van der Waals surface area contributed by atoms with E-state index in [0.717, 1.165) is 23.6 Å². The molecule has 1 fully saturated rings. The van der Waals surface area contributed by atoms with Gasteiger partial charge in [0.2, 0.25) is 5.89 Å². The van der Waals surface area contributed by atoms with Gasteiger partial charge in [-0.3, -0.25) is 0 Å². The molecule has 4 rings (SSSR count). The molecule has 0 unspecified atom stereocenters. The lowest BCUT2D eigenvalue weighted by molar-refractivity contribution is 0.335. The molecule has 0 saturated heterocycles. The molecule has 4 heteroatoms. The van der Waals surface area contributed by atoms with Crippen LogP contribution in [-0.2, 0) is 5.41 Å². The van der Waals surface area contributed by atoms with Crippen molar-refractivity contribution in [2.45, 2.75) is 41.2 Å². The van der Waals surface area contributed by atoms with Gasteiger partial charge in [-0.25, -0.2) is 0 Å². The maximum absolute atomic E-state index is 6.07. The smallest absolute Gasteiger partial charge is 0.281 e. The molecule has 23 heavy (non-hydrogen) atoms. The summed E-state index contributed by atoms with van der Waals surface area (Å²) in [6.45, 7) is 0. The molecule has 1 aliphatic rings. The molecule has 0 bridgehead atoms. The summed E-state index contributed by atoms with van der Waals surface area (Å²) in [4.78, 5) is 1.11. The van der Waals surface area contributed by atoms with Crippen LogP contribution >= 0.6 is 11.8 Å². The average molecular weight is 322 g/mol. The van der Waals surface area contributed by atoms with Crippen LogP contribution in [0, 0.1) is 0 Å². The highest BCUT2D eigenvalue weighted by molar-refractivity contribution is 7.99. The van der Waals surface area contributed by atoms with Crippen molar-refractivity contribution in [1.29, 1.82) is 0 Å². The van der Waals surface area contributed by atoms with Crippen LogP contribution < -0.4 is 0 Å². The SMILES string of the molecule is c1ccc(Sc2nnc(C3(c4ccccc4)CCCC3)o2)cc1. The molecule has 0 N–H and O–H groups in total. The normalized spacial score (nSPS) is 16.5. The van der Waals surface area contributed by atoms with Crippen LogP contribution in [0.4, 0.5) is 0 Å². The van der Waals surface area contributed by atoms with Gasteiger partial charge in [-0.1, -0.05) is 61.4 Å². The third kappa shape index (κ3) is 2.79. The molecule has 2 aromatic carbocycles. The molecule has 0 amide bonds. The second kappa shape index (κ2) is 6.20. The maximum atomic E-state index is 6.07. The predicted octanol–water partition coefficient (Wildman–Crippen LogP) is 5.08. The number of hydrogen-bond acceptors (Lipinski definition) is 4. The number of benzene rings is 2. The Hall–Kier alpha value is -2.07. The molecule has 1 aliphatic carbocycles. The fourth-order valence-corrected chi connectivity index (χ4v) is 4.09. The third-order valence-corrected chi connectivity index (χ3v) is 5.40. The van der Waals surface area contributed by atoms with E-state index in [1.807, 2.05) is 18.2 Å². The summed E-state index contributed by atoms with van der Waals surface area (Å²) in [6.07, 6.45) is 4.57. The van der Waals surface area contributed by atoms with Gasteiger partial charge in [0.25, 0.3) is 5.22 Å². The molecule has 3 aromatic rings. The average Bonchev–Trinajstić information content (AvgIpc) is 3.27. The van der Waals surface area contributed by atoms with Crippen molar-refractivity contribution in [2.75, 3.05) is 0 Å². The minimum atomic E-state index is -0.107. The summed E-state index contributed by atoms with van der Waals surface area (Å²) < 4.78 is 6.07. The Morgan fingerprint density at radius 2 is 1.48 bits per heavy atom. The molecular formula is C19H18N2OS. The zero-order chi connectivity index (χ0) is 15.5.